The van der Waals surface area contributed by atoms with Crippen LogP contribution in [0.5, 0.6) is 0 Å². The number of aromatic nitrogens is 1. The highest BCUT2D eigenvalue weighted by atomic mass is 32.2. The van der Waals surface area contributed by atoms with Crippen LogP contribution >= 0.6 is 0 Å². The van der Waals surface area contributed by atoms with E-state index in [1.165, 1.54) is 18.3 Å². The van der Waals surface area contributed by atoms with E-state index in [2.05, 4.69) is 16.4 Å². The van der Waals surface area contributed by atoms with E-state index in [4.69, 9.17) is 9.92 Å². The molecule has 134 valence electrons. The molecule has 4 N–H and O–H groups in total. The summed E-state index contributed by atoms with van der Waals surface area (Å²) in [6, 6.07) is 4.93. The van der Waals surface area contributed by atoms with Crippen molar-refractivity contribution in [3.8, 4) is 0 Å². The predicted octanol–water partition coefficient (Wildman–Crippen LogP) is 2.23. The number of hydrogen-bond acceptors (Lipinski definition) is 5. The number of nitrogens with zero attached hydrogens (tertiary/aromatic N) is 1. The largest absolute Gasteiger partial charge is 0.320 e. The van der Waals surface area contributed by atoms with Crippen LogP contribution < -0.4 is 10.5 Å². The van der Waals surface area contributed by atoms with Crippen molar-refractivity contribution in [2.45, 2.75) is 37.0 Å². The fourth-order valence-electron chi connectivity index (χ4n) is 3.81. The van der Waals surface area contributed by atoms with Crippen molar-refractivity contribution in [1.82, 2.24) is 4.98 Å². The third-order valence-corrected chi connectivity index (χ3v) is 5.92. The molecule has 2 aliphatic carbocycles. The second-order valence-electron chi connectivity index (χ2n) is 6.61. The first kappa shape index (κ1) is 16.9. The smallest absolute Gasteiger partial charge is 0.275 e. The van der Waals surface area contributed by atoms with Gasteiger partial charge in [-0.1, -0.05) is 6.07 Å². The standard InChI is InChI=1S/C18H18N4O3S/c19-26(20,25)14-5-2-8-21-17(14)18(24)22-16-12-4-1-3-10(12)9-11-6-7-13(23)15(11)16/h2,5,8-9H,1,3-4,6-7H2,(H,22,24)(H3,19,20,25). The highest BCUT2D eigenvalue weighted by Gasteiger charge is 2.30. The van der Waals surface area contributed by atoms with E-state index < -0.39 is 15.8 Å². The van der Waals surface area contributed by atoms with E-state index in [9.17, 15) is 13.8 Å². The van der Waals surface area contributed by atoms with Gasteiger partial charge in [-0.05, 0) is 54.5 Å². The molecule has 0 saturated carbocycles. The summed E-state index contributed by atoms with van der Waals surface area (Å²) in [4.78, 5) is 29.1. The van der Waals surface area contributed by atoms with Gasteiger partial charge in [0.25, 0.3) is 5.91 Å². The van der Waals surface area contributed by atoms with Gasteiger partial charge in [0.15, 0.2) is 5.78 Å². The molecule has 0 bridgehead atoms. The zero-order chi connectivity index (χ0) is 18.5. The molecule has 0 aliphatic heterocycles. The number of benzene rings is 1. The zero-order valence-electron chi connectivity index (χ0n) is 14.0. The third-order valence-electron chi connectivity index (χ3n) is 4.93. The number of aryl methyl sites for hydroxylation is 2. The minimum atomic E-state index is -3.59. The highest BCUT2D eigenvalue weighted by Crippen LogP contribution is 2.38. The Morgan fingerprint density at radius 3 is 2.81 bits per heavy atom. The quantitative estimate of drug-likeness (QED) is 0.766. The number of fused-ring (bicyclic) bond motifs is 2. The number of carbonyl (C=O) groups excluding carboxylic acids is 2. The molecule has 2 aromatic rings. The van der Waals surface area contributed by atoms with Crippen LogP contribution in [0, 0.1) is 4.78 Å². The van der Waals surface area contributed by atoms with Crippen molar-refractivity contribution >= 4 is 27.3 Å². The third kappa shape index (κ3) is 2.71. The molecule has 4 rings (SSSR count). The lowest BCUT2D eigenvalue weighted by atomic mass is 9.98. The Bertz CT molecular complexity index is 1060. The van der Waals surface area contributed by atoms with Gasteiger partial charge in [-0.2, -0.15) is 0 Å². The van der Waals surface area contributed by atoms with Crippen LogP contribution in [0.4, 0.5) is 5.69 Å². The van der Waals surface area contributed by atoms with Gasteiger partial charge >= 0.3 is 0 Å². The maximum Gasteiger partial charge on any atom is 0.275 e. The van der Waals surface area contributed by atoms with Gasteiger partial charge in [0.1, 0.15) is 15.6 Å². The molecule has 2 aliphatic rings. The summed E-state index contributed by atoms with van der Waals surface area (Å²) >= 11 is 0. The Morgan fingerprint density at radius 2 is 2.04 bits per heavy atom. The lowest BCUT2D eigenvalue weighted by Gasteiger charge is -2.16. The van der Waals surface area contributed by atoms with Gasteiger partial charge in [0.05, 0.1) is 10.6 Å². The second kappa shape index (κ2) is 6.00. The van der Waals surface area contributed by atoms with Crippen LogP contribution in [0.15, 0.2) is 29.3 Å². The van der Waals surface area contributed by atoms with Gasteiger partial charge in [0, 0.05) is 18.2 Å². The van der Waals surface area contributed by atoms with Crippen LogP contribution in [0.2, 0.25) is 0 Å². The fourth-order valence-corrected chi connectivity index (χ4v) is 4.52. The number of amides is 1. The van der Waals surface area contributed by atoms with Crippen LogP contribution in [0.1, 0.15) is 50.4 Å². The minimum absolute atomic E-state index is 0.0226. The SMILES string of the molecule is N=S(N)(=O)c1cccnc1C(=O)Nc1c2c(cc3c1C(=O)CC3)CCC2. The first-order chi connectivity index (χ1) is 12.4. The summed E-state index contributed by atoms with van der Waals surface area (Å²) in [5.41, 5.74) is 4.10. The number of nitrogens with one attached hydrogen (secondary N) is 2. The molecule has 7 nitrogen and oxygen atoms in total. The summed E-state index contributed by atoms with van der Waals surface area (Å²) < 4.78 is 19.6. The van der Waals surface area contributed by atoms with E-state index in [1.54, 1.807) is 0 Å². The number of pyridine rings is 1. The molecule has 1 unspecified atom stereocenters. The molecule has 0 fully saturated rings. The minimum Gasteiger partial charge on any atom is -0.320 e. The van der Waals surface area contributed by atoms with Crippen LogP contribution in [-0.2, 0) is 29.2 Å². The summed E-state index contributed by atoms with van der Waals surface area (Å²) in [5.74, 6) is -0.581. The summed E-state index contributed by atoms with van der Waals surface area (Å²) in [6.07, 6.45) is 5.22. The van der Waals surface area contributed by atoms with E-state index in [0.717, 1.165) is 36.0 Å². The number of carbonyl (C=O) groups is 2. The summed E-state index contributed by atoms with van der Waals surface area (Å²) in [6.45, 7) is 0. The number of nitrogens with two attached hydrogens (primary N) is 1. The van der Waals surface area contributed by atoms with Crippen LogP contribution in [-0.4, -0.2) is 20.9 Å². The molecule has 0 spiro atoms. The number of rotatable bonds is 3. The van der Waals surface area contributed by atoms with Crippen molar-refractivity contribution in [1.29, 1.82) is 4.78 Å². The number of Topliss-reactive ketones (excluding diaryl/α,β-unsaturated/α-hetero) is 1. The van der Waals surface area contributed by atoms with Crippen molar-refractivity contribution in [3.05, 3.63) is 52.3 Å². The lowest BCUT2D eigenvalue weighted by Crippen LogP contribution is -2.22. The highest BCUT2D eigenvalue weighted by molar-refractivity contribution is 7.90. The second-order valence-corrected chi connectivity index (χ2v) is 8.25. The molecule has 1 aromatic heterocycles. The van der Waals surface area contributed by atoms with E-state index in [-0.39, 0.29) is 16.4 Å². The maximum atomic E-state index is 12.8. The van der Waals surface area contributed by atoms with Crippen LogP contribution in [0.25, 0.3) is 0 Å². The summed E-state index contributed by atoms with van der Waals surface area (Å²) in [5, 5.41) is 8.23. The predicted molar refractivity (Wildman–Crippen MR) is 96.6 cm³/mol. The van der Waals surface area contributed by atoms with Crippen molar-refractivity contribution in [3.63, 3.8) is 0 Å². The number of hydrogen-bond donors (Lipinski definition) is 3. The normalized spacial score (nSPS) is 17.5. The van der Waals surface area contributed by atoms with Crippen LogP contribution in [0.3, 0.4) is 0 Å². The van der Waals surface area contributed by atoms with Crippen molar-refractivity contribution < 1.29 is 13.8 Å². The van der Waals surface area contributed by atoms with Gasteiger partial charge in [0.2, 0.25) is 0 Å². The maximum absolute atomic E-state index is 12.8. The lowest BCUT2D eigenvalue weighted by molar-refractivity contribution is 0.0995. The topological polar surface area (TPSA) is 126 Å². The van der Waals surface area contributed by atoms with Gasteiger partial charge < -0.3 is 5.32 Å². The Kier molecular flexibility index (Phi) is 3.89. The molecular formula is C18H18N4O3S. The molecule has 26 heavy (non-hydrogen) atoms. The Hall–Kier alpha value is -2.58. The summed E-state index contributed by atoms with van der Waals surface area (Å²) in [7, 11) is -3.59. The molecular weight excluding hydrogens is 352 g/mol. The average Bonchev–Trinajstić information content (AvgIpc) is 3.21. The zero-order valence-corrected chi connectivity index (χ0v) is 14.8. The first-order valence-corrected chi connectivity index (χ1v) is 10.0. The molecule has 0 radical (unpaired) electrons. The van der Waals surface area contributed by atoms with E-state index in [1.807, 2.05) is 0 Å². The van der Waals surface area contributed by atoms with Gasteiger partial charge in [-0.15, -0.1) is 0 Å². The monoisotopic (exact) mass is 370 g/mol. The Labute approximate surface area is 151 Å². The molecule has 0 saturated heterocycles. The first-order valence-electron chi connectivity index (χ1n) is 8.40. The van der Waals surface area contributed by atoms with E-state index in [0.29, 0.717) is 24.1 Å². The average molecular weight is 370 g/mol. The Morgan fingerprint density at radius 1 is 1.23 bits per heavy atom. The number of anilines is 1. The molecule has 1 amide bonds. The van der Waals surface area contributed by atoms with Gasteiger partial charge in [-0.25, -0.2) is 19.1 Å². The molecule has 8 heteroatoms. The van der Waals surface area contributed by atoms with Crippen molar-refractivity contribution in [2.24, 2.45) is 5.14 Å². The fraction of sp³-hybridized carbons (Fsp3) is 0.278. The molecule has 1 atom stereocenters. The van der Waals surface area contributed by atoms with E-state index >= 15 is 0 Å². The Balaban J connectivity index is 1.81. The van der Waals surface area contributed by atoms with Gasteiger partial charge in [-0.3, -0.25) is 9.59 Å². The molecule has 1 heterocycles. The van der Waals surface area contributed by atoms with Crippen molar-refractivity contribution in [2.75, 3.05) is 5.32 Å². The molecule has 1 aromatic carbocycles. The number of ketones is 1.